The van der Waals surface area contributed by atoms with Crippen LogP contribution in [-0.2, 0) is 11.3 Å². The summed E-state index contributed by atoms with van der Waals surface area (Å²) in [5, 5.41) is 22.2. The van der Waals surface area contributed by atoms with Crippen molar-refractivity contribution >= 4 is 0 Å². The Kier molecular flexibility index (Phi) is 5.79. The molecule has 0 amide bonds. The maximum Gasteiger partial charge on any atom is 0.0995 e. The fraction of sp³-hybridized carbons (Fsp3) is 0.500. The van der Waals surface area contributed by atoms with Crippen LogP contribution >= 0.6 is 0 Å². The lowest BCUT2D eigenvalue weighted by molar-refractivity contribution is 0.0247. The number of ether oxygens (including phenoxy) is 1. The summed E-state index contributed by atoms with van der Waals surface area (Å²) in [5.41, 5.74) is 0.821. The Balaban J connectivity index is 2.44. The number of hydrogen-bond donors (Lipinski definition) is 2. The Bertz CT molecular complexity index is 411. The number of benzene rings is 1. The van der Waals surface area contributed by atoms with Gasteiger partial charge in [-0.25, -0.2) is 0 Å². The first-order chi connectivity index (χ1) is 8.59. The van der Waals surface area contributed by atoms with Gasteiger partial charge in [0.15, 0.2) is 0 Å². The number of rotatable bonds is 7. The summed E-state index contributed by atoms with van der Waals surface area (Å²) < 4.78 is 4.95. The molecular weight excluding hydrogens is 228 g/mol. The minimum absolute atomic E-state index is 0.468. The van der Waals surface area contributed by atoms with Crippen LogP contribution in [0.2, 0.25) is 0 Å². The zero-order valence-electron chi connectivity index (χ0n) is 10.9. The molecule has 0 aliphatic heterocycles. The number of nitrogens with zero attached hydrogens (tertiary/aromatic N) is 1. The van der Waals surface area contributed by atoms with Gasteiger partial charge in [-0.05, 0) is 18.6 Å². The van der Waals surface area contributed by atoms with Crippen LogP contribution in [-0.4, -0.2) is 31.0 Å². The summed E-state index contributed by atoms with van der Waals surface area (Å²) in [5.74, 6) is 0. The largest absolute Gasteiger partial charge is 0.389 e. The molecule has 1 unspecified atom stereocenters. The highest BCUT2D eigenvalue weighted by Gasteiger charge is 2.19. The van der Waals surface area contributed by atoms with Crippen molar-refractivity contribution in [1.82, 2.24) is 5.32 Å². The highest BCUT2D eigenvalue weighted by molar-refractivity contribution is 5.37. The molecule has 0 fully saturated rings. The van der Waals surface area contributed by atoms with Crippen LogP contribution in [0.25, 0.3) is 0 Å². The van der Waals surface area contributed by atoms with E-state index in [0.29, 0.717) is 31.7 Å². The minimum atomic E-state index is -0.794. The third-order valence-electron chi connectivity index (χ3n) is 2.80. The Labute approximate surface area is 108 Å². The van der Waals surface area contributed by atoms with Crippen molar-refractivity contribution < 1.29 is 9.84 Å². The molecule has 0 saturated heterocycles. The van der Waals surface area contributed by atoms with E-state index in [1.807, 2.05) is 18.2 Å². The molecule has 1 aromatic rings. The molecule has 98 valence electrons. The summed E-state index contributed by atoms with van der Waals surface area (Å²) in [4.78, 5) is 0. The molecule has 0 radical (unpaired) electrons. The molecule has 2 N–H and O–H groups in total. The van der Waals surface area contributed by atoms with E-state index in [0.717, 1.165) is 5.56 Å². The summed E-state index contributed by atoms with van der Waals surface area (Å²) in [6, 6.07) is 9.61. The Hall–Kier alpha value is -1.41. The summed E-state index contributed by atoms with van der Waals surface area (Å²) >= 11 is 0. The first kappa shape index (κ1) is 14.7. The molecule has 1 aromatic carbocycles. The van der Waals surface area contributed by atoms with Gasteiger partial charge in [-0.15, -0.1) is 0 Å². The molecule has 0 aliphatic rings. The van der Waals surface area contributed by atoms with E-state index in [4.69, 9.17) is 10.00 Å². The lowest BCUT2D eigenvalue weighted by Crippen LogP contribution is -2.38. The topological polar surface area (TPSA) is 65.3 Å². The van der Waals surface area contributed by atoms with E-state index >= 15 is 0 Å². The maximum absolute atomic E-state index is 10.0. The zero-order chi connectivity index (χ0) is 13.4. The SMILES string of the molecule is COCCC(C)(O)CNCc1ccccc1C#N. The number of methoxy groups -OCH3 is 1. The number of hydrogen-bond acceptors (Lipinski definition) is 4. The van der Waals surface area contributed by atoms with Gasteiger partial charge in [-0.1, -0.05) is 18.2 Å². The first-order valence-electron chi connectivity index (χ1n) is 5.99. The highest BCUT2D eigenvalue weighted by atomic mass is 16.5. The number of aliphatic hydroxyl groups is 1. The van der Waals surface area contributed by atoms with Crippen molar-refractivity contribution in [2.24, 2.45) is 0 Å². The van der Waals surface area contributed by atoms with Crippen LogP contribution in [0.4, 0.5) is 0 Å². The van der Waals surface area contributed by atoms with Gasteiger partial charge in [0.1, 0.15) is 0 Å². The maximum atomic E-state index is 10.0. The van der Waals surface area contributed by atoms with Crippen LogP contribution in [0, 0.1) is 11.3 Å². The third-order valence-corrected chi connectivity index (χ3v) is 2.80. The number of nitriles is 1. The Morgan fingerprint density at radius 3 is 2.83 bits per heavy atom. The molecule has 0 heterocycles. The van der Waals surface area contributed by atoms with E-state index in [2.05, 4.69) is 11.4 Å². The van der Waals surface area contributed by atoms with Gasteiger partial charge in [0.2, 0.25) is 0 Å². The smallest absolute Gasteiger partial charge is 0.0995 e. The van der Waals surface area contributed by atoms with Crippen molar-refractivity contribution in [1.29, 1.82) is 5.26 Å². The molecule has 1 rings (SSSR count). The van der Waals surface area contributed by atoms with Crippen LogP contribution < -0.4 is 5.32 Å². The fourth-order valence-electron chi connectivity index (χ4n) is 1.66. The second-order valence-electron chi connectivity index (χ2n) is 4.61. The summed E-state index contributed by atoms with van der Waals surface area (Å²) in [7, 11) is 1.62. The highest BCUT2D eigenvalue weighted by Crippen LogP contribution is 2.10. The second kappa shape index (κ2) is 7.12. The molecule has 0 aromatic heterocycles. The predicted molar refractivity (Wildman–Crippen MR) is 70.0 cm³/mol. The van der Waals surface area contributed by atoms with Gasteiger partial charge in [0.25, 0.3) is 0 Å². The summed E-state index contributed by atoms with van der Waals surface area (Å²) in [6.45, 7) is 3.35. The van der Waals surface area contributed by atoms with Crippen LogP contribution in [0.1, 0.15) is 24.5 Å². The van der Waals surface area contributed by atoms with E-state index in [1.165, 1.54) is 0 Å². The van der Waals surface area contributed by atoms with Crippen molar-refractivity contribution in [3.8, 4) is 6.07 Å². The predicted octanol–water partition coefficient (Wildman–Crippen LogP) is 1.44. The van der Waals surface area contributed by atoms with E-state index in [1.54, 1.807) is 20.1 Å². The molecule has 0 bridgehead atoms. The molecule has 4 nitrogen and oxygen atoms in total. The van der Waals surface area contributed by atoms with E-state index < -0.39 is 5.60 Å². The molecule has 1 atom stereocenters. The molecule has 4 heteroatoms. The molecule has 18 heavy (non-hydrogen) atoms. The minimum Gasteiger partial charge on any atom is -0.389 e. The second-order valence-corrected chi connectivity index (χ2v) is 4.61. The van der Waals surface area contributed by atoms with Crippen molar-refractivity contribution in [3.63, 3.8) is 0 Å². The van der Waals surface area contributed by atoms with Crippen LogP contribution in [0.5, 0.6) is 0 Å². The first-order valence-corrected chi connectivity index (χ1v) is 5.99. The fourth-order valence-corrected chi connectivity index (χ4v) is 1.66. The molecule has 0 aliphatic carbocycles. The Morgan fingerprint density at radius 2 is 2.17 bits per heavy atom. The van der Waals surface area contributed by atoms with Crippen molar-refractivity contribution in [2.75, 3.05) is 20.3 Å². The van der Waals surface area contributed by atoms with E-state index in [9.17, 15) is 5.11 Å². The Morgan fingerprint density at radius 1 is 1.44 bits per heavy atom. The van der Waals surface area contributed by atoms with Gasteiger partial charge >= 0.3 is 0 Å². The standard InChI is InChI=1S/C14H20N2O2/c1-14(17,7-8-18-2)11-16-10-13-6-4-3-5-12(13)9-15/h3-6,16-17H,7-8,10-11H2,1-2H3. The summed E-state index contributed by atoms with van der Waals surface area (Å²) in [6.07, 6.45) is 0.580. The van der Waals surface area contributed by atoms with Crippen molar-refractivity contribution in [3.05, 3.63) is 35.4 Å². The van der Waals surface area contributed by atoms with Gasteiger partial charge in [-0.2, -0.15) is 5.26 Å². The lowest BCUT2D eigenvalue weighted by Gasteiger charge is -2.23. The third kappa shape index (κ3) is 4.84. The zero-order valence-corrected chi connectivity index (χ0v) is 10.9. The van der Waals surface area contributed by atoms with Gasteiger partial charge < -0.3 is 15.2 Å². The average molecular weight is 248 g/mol. The molecule has 0 saturated carbocycles. The van der Waals surface area contributed by atoms with Gasteiger partial charge in [0, 0.05) is 33.2 Å². The average Bonchev–Trinajstić information content (AvgIpc) is 2.37. The quantitative estimate of drug-likeness (QED) is 0.766. The lowest BCUT2D eigenvalue weighted by atomic mass is 10.0. The van der Waals surface area contributed by atoms with Crippen molar-refractivity contribution in [2.45, 2.75) is 25.5 Å². The molecular formula is C14H20N2O2. The van der Waals surface area contributed by atoms with Gasteiger partial charge in [0.05, 0.1) is 17.2 Å². The van der Waals surface area contributed by atoms with Gasteiger partial charge in [-0.3, -0.25) is 0 Å². The van der Waals surface area contributed by atoms with E-state index in [-0.39, 0.29) is 0 Å². The van der Waals surface area contributed by atoms with Crippen LogP contribution in [0.15, 0.2) is 24.3 Å². The van der Waals surface area contributed by atoms with Crippen LogP contribution in [0.3, 0.4) is 0 Å². The molecule has 0 spiro atoms. The monoisotopic (exact) mass is 248 g/mol. The number of nitrogens with one attached hydrogen (secondary N) is 1. The normalized spacial score (nSPS) is 13.9.